The fourth-order valence-electron chi connectivity index (χ4n) is 2.81. The van der Waals surface area contributed by atoms with Crippen molar-refractivity contribution in [2.75, 3.05) is 12.3 Å². The first-order valence-corrected chi connectivity index (χ1v) is 7.41. The number of hydrogen-bond acceptors (Lipinski definition) is 2. The highest BCUT2D eigenvalue weighted by Gasteiger charge is 2.25. The number of hydrogen-bond donors (Lipinski definition) is 2. The molecule has 3 heteroatoms. The maximum atomic E-state index is 11.9. The molecule has 21 heavy (non-hydrogen) atoms. The van der Waals surface area contributed by atoms with E-state index in [0.29, 0.717) is 12.3 Å². The molecule has 0 heterocycles. The van der Waals surface area contributed by atoms with Crippen LogP contribution < -0.4 is 11.1 Å². The van der Waals surface area contributed by atoms with Crippen LogP contribution in [-0.2, 0) is 17.6 Å². The van der Waals surface area contributed by atoms with Gasteiger partial charge in [0.25, 0.3) is 0 Å². The minimum atomic E-state index is 0.121. The van der Waals surface area contributed by atoms with E-state index in [1.807, 2.05) is 24.3 Å². The lowest BCUT2D eigenvalue weighted by atomic mass is 9.77. The Hall–Kier alpha value is -2.29. The average Bonchev–Trinajstić information content (AvgIpc) is 2.47. The second-order valence-electron chi connectivity index (χ2n) is 5.65. The zero-order valence-electron chi connectivity index (χ0n) is 12.0. The number of rotatable bonds is 5. The first-order chi connectivity index (χ1) is 10.2. The molecule has 2 aromatic rings. The van der Waals surface area contributed by atoms with Crippen molar-refractivity contribution < 1.29 is 4.79 Å². The highest BCUT2D eigenvalue weighted by atomic mass is 16.1. The number of fused-ring (bicyclic) bond motifs is 1. The summed E-state index contributed by atoms with van der Waals surface area (Å²) in [5.74, 6) is 0.609. The topological polar surface area (TPSA) is 55.1 Å². The van der Waals surface area contributed by atoms with E-state index in [2.05, 4.69) is 29.6 Å². The van der Waals surface area contributed by atoms with E-state index in [4.69, 9.17) is 5.73 Å². The van der Waals surface area contributed by atoms with Crippen LogP contribution >= 0.6 is 0 Å². The monoisotopic (exact) mass is 280 g/mol. The Balaban J connectivity index is 1.42. The second-order valence-corrected chi connectivity index (χ2v) is 5.65. The quantitative estimate of drug-likeness (QED) is 0.827. The summed E-state index contributed by atoms with van der Waals surface area (Å²) >= 11 is 0. The van der Waals surface area contributed by atoms with E-state index >= 15 is 0 Å². The molecule has 1 aliphatic carbocycles. The number of nitrogens with two attached hydrogens (primary N) is 1. The lowest BCUT2D eigenvalue weighted by molar-refractivity contribution is -0.121. The van der Waals surface area contributed by atoms with Gasteiger partial charge in [-0.15, -0.1) is 0 Å². The molecule has 3 nitrogen and oxygen atoms in total. The fraction of sp³-hybridized carbons (Fsp3) is 0.278. The van der Waals surface area contributed by atoms with Gasteiger partial charge < -0.3 is 11.1 Å². The van der Waals surface area contributed by atoms with Crippen molar-refractivity contribution in [2.24, 2.45) is 0 Å². The maximum Gasteiger partial charge on any atom is 0.220 e. The lowest BCUT2D eigenvalue weighted by Gasteiger charge is -2.30. The standard InChI is InChI=1S/C18H20N2O/c19-16-8-5-13(6-9-16)7-10-18(21)20-12-15-11-14-3-1-2-4-17(14)15/h1-6,8-9,15H,7,10-12,19H2,(H,20,21). The molecule has 1 aliphatic rings. The molecule has 1 amide bonds. The summed E-state index contributed by atoms with van der Waals surface area (Å²) in [5, 5.41) is 3.04. The average molecular weight is 280 g/mol. The highest BCUT2D eigenvalue weighted by Crippen LogP contribution is 2.33. The second kappa shape index (κ2) is 6.00. The van der Waals surface area contributed by atoms with E-state index in [-0.39, 0.29) is 5.91 Å². The van der Waals surface area contributed by atoms with Crippen LogP contribution in [0.15, 0.2) is 48.5 Å². The van der Waals surface area contributed by atoms with Gasteiger partial charge in [0.15, 0.2) is 0 Å². The molecule has 2 aromatic carbocycles. The van der Waals surface area contributed by atoms with Crippen LogP contribution in [0.4, 0.5) is 5.69 Å². The molecule has 0 bridgehead atoms. The molecule has 1 atom stereocenters. The molecule has 0 aliphatic heterocycles. The molecule has 0 fully saturated rings. The van der Waals surface area contributed by atoms with E-state index in [1.165, 1.54) is 11.1 Å². The number of anilines is 1. The van der Waals surface area contributed by atoms with E-state index in [1.54, 1.807) is 0 Å². The third kappa shape index (κ3) is 3.24. The first-order valence-electron chi connectivity index (χ1n) is 7.41. The third-order valence-electron chi connectivity index (χ3n) is 4.13. The summed E-state index contributed by atoms with van der Waals surface area (Å²) < 4.78 is 0. The van der Waals surface area contributed by atoms with Gasteiger partial charge >= 0.3 is 0 Å². The Labute approximate surface area is 125 Å². The normalized spacial score (nSPS) is 15.9. The molecule has 0 saturated heterocycles. The number of benzene rings is 2. The van der Waals surface area contributed by atoms with Gasteiger partial charge in [0.2, 0.25) is 5.91 Å². The highest BCUT2D eigenvalue weighted by molar-refractivity contribution is 5.76. The van der Waals surface area contributed by atoms with Gasteiger partial charge in [0.05, 0.1) is 0 Å². The van der Waals surface area contributed by atoms with Gasteiger partial charge in [0, 0.05) is 24.6 Å². The van der Waals surface area contributed by atoms with Gasteiger partial charge in [-0.2, -0.15) is 0 Å². The molecule has 0 radical (unpaired) electrons. The number of carbonyl (C=O) groups is 1. The summed E-state index contributed by atoms with van der Waals surface area (Å²) in [7, 11) is 0. The van der Waals surface area contributed by atoms with Crippen molar-refractivity contribution in [3.63, 3.8) is 0 Å². The minimum Gasteiger partial charge on any atom is -0.399 e. The number of nitrogens with one attached hydrogen (secondary N) is 1. The Morgan fingerprint density at radius 1 is 1.14 bits per heavy atom. The SMILES string of the molecule is Nc1ccc(CCC(=O)NCC2Cc3ccccc32)cc1. The van der Waals surface area contributed by atoms with Crippen LogP contribution in [0.25, 0.3) is 0 Å². The largest absolute Gasteiger partial charge is 0.399 e. The van der Waals surface area contributed by atoms with Gasteiger partial charge in [-0.1, -0.05) is 36.4 Å². The minimum absolute atomic E-state index is 0.121. The van der Waals surface area contributed by atoms with E-state index in [0.717, 1.165) is 30.6 Å². The smallest absolute Gasteiger partial charge is 0.220 e. The summed E-state index contributed by atoms with van der Waals surface area (Å²) in [5.41, 5.74) is 10.3. The van der Waals surface area contributed by atoms with Crippen LogP contribution in [0.3, 0.4) is 0 Å². The Morgan fingerprint density at radius 3 is 2.67 bits per heavy atom. The maximum absolute atomic E-state index is 11.9. The van der Waals surface area contributed by atoms with Crippen LogP contribution in [0.2, 0.25) is 0 Å². The number of carbonyl (C=O) groups excluding carboxylic acids is 1. The van der Waals surface area contributed by atoms with Crippen molar-refractivity contribution >= 4 is 11.6 Å². The van der Waals surface area contributed by atoms with Crippen LogP contribution in [0.1, 0.15) is 29.0 Å². The number of aryl methyl sites for hydroxylation is 1. The van der Waals surface area contributed by atoms with Gasteiger partial charge in [-0.05, 0) is 41.7 Å². The van der Waals surface area contributed by atoms with Gasteiger partial charge in [0.1, 0.15) is 0 Å². The molecule has 0 saturated carbocycles. The van der Waals surface area contributed by atoms with E-state index < -0.39 is 0 Å². The van der Waals surface area contributed by atoms with E-state index in [9.17, 15) is 4.79 Å². The predicted octanol–water partition coefficient (Wildman–Crippen LogP) is 2.66. The third-order valence-corrected chi connectivity index (χ3v) is 4.13. The number of amides is 1. The Morgan fingerprint density at radius 2 is 1.90 bits per heavy atom. The van der Waals surface area contributed by atoms with Crippen LogP contribution in [0, 0.1) is 0 Å². The first kappa shape index (κ1) is 13.7. The van der Waals surface area contributed by atoms with Crippen molar-refractivity contribution in [2.45, 2.75) is 25.2 Å². The molecule has 3 N–H and O–H groups in total. The number of nitrogen functional groups attached to an aromatic ring is 1. The molecular formula is C18H20N2O. The van der Waals surface area contributed by atoms with Crippen molar-refractivity contribution in [3.8, 4) is 0 Å². The molecule has 0 spiro atoms. The van der Waals surface area contributed by atoms with Crippen molar-refractivity contribution in [1.29, 1.82) is 0 Å². The predicted molar refractivity (Wildman–Crippen MR) is 85.1 cm³/mol. The Bertz CT molecular complexity index is 634. The molecular weight excluding hydrogens is 260 g/mol. The Kier molecular flexibility index (Phi) is 3.91. The molecule has 0 aromatic heterocycles. The van der Waals surface area contributed by atoms with Gasteiger partial charge in [-0.25, -0.2) is 0 Å². The zero-order valence-corrected chi connectivity index (χ0v) is 12.0. The van der Waals surface area contributed by atoms with Crippen LogP contribution in [0.5, 0.6) is 0 Å². The zero-order chi connectivity index (χ0) is 14.7. The molecule has 3 rings (SSSR count). The lowest BCUT2D eigenvalue weighted by Crippen LogP contribution is -2.33. The van der Waals surface area contributed by atoms with Crippen molar-refractivity contribution in [1.82, 2.24) is 5.32 Å². The summed E-state index contributed by atoms with van der Waals surface area (Å²) in [6, 6.07) is 16.2. The van der Waals surface area contributed by atoms with Crippen molar-refractivity contribution in [3.05, 3.63) is 65.2 Å². The summed E-state index contributed by atoms with van der Waals surface area (Å²) in [6.07, 6.45) is 2.36. The molecule has 1 unspecified atom stereocenters. The van der Waals surface area contributed by atoms with Crippen LogP contribution in [-0.4, -0.2) is 12.5 Å². The fourth-order valence-corrected chi connectivity index (χ4v) is 2.81. The summed E-state index contributed by atoms with van der Waals surface area (Å²) in [4.78, 5) is 11.9. The molecule has 108 valence electrons. The van der Waals surface area contributed by atoms with Gasteiger partial charge in [-0.3, -0.25) is 4.79 Å². The summed E-state index contributed by atoms with van der Waals surface area (Å²) in [6.45, 7) is 0.748.